The van der Waals surface area contributed by atoms with Crippen LogP contribution in [-0.2, 0) is 14.3 Å². The fourth-order valence-electron chi connectivity index (χ4n) is 3.53. The van der Waals surface area contributed by atoms with Crippen LogP contribution in [0.3, 0.4) is 0 Å². The van der Waals surface area contributed by atoms with Crippen molar-refractivity contribution in [2.75, 3.05) is 19.7 Å². The minimum Gasteiger partial charge on any atom is -0.479 e. The van der Waals surface area contributed by atoms with Gasteiger partial charge in [0.05, 0.1) is 0 Å². The third-order valence-electron chi connectivity index (χ3n) is 5.23. The second kappa shape index (κ2) is 8.98. The van der Waals surface area contributed by atoms with E-state index in [0.29, 0.717) is 18.8 Å². The van der Waals surface area contributed by atoms with Crippen LogP contribution in [-0.4, -0.2) is 47.6 Å². The molecule has 1 amide bonds. The Bertz CT molecular complexity index is 976. The van der Waals surface area contributed by atoms with Crippen molar-refractivity contribution in [3.8, 4) is 5.75 Å². The Kier molecular flexibility index (Phi) is 5.97. The Hall–Kier alpha value is -3.35. The molecule has 1 fully saturated rings. The SMILES string of the molecule is C[C@H](Oc1ccccc1)C(=O)OCC(=O)N1CCC(c2nc3ccccc3o2)CC1. The summed E-state index contributed by atoms with van der Waals surface area (Å²) in [5, 5.41) is 0. The minimum atomic E-state index is -0.787. The van der Waals surface area contributed by atoms with Gasteiger partial charge < -0.3 is 18.8 Å². The van der Waals surface area contributed by atoms with Crippen molar-refractivity contribution in [1.82, 2.24) is 9.88 Å². The monoisotopic (exact) mass is 408 g/mol. The molecule has 1 aliphatic rings. The number of benzene rings is 2. The summed E-state index contributed by atoms with van der Waals surface area (Å²) in [6.07, 6.45) is 0.741. The van der Waals surface area contributed by atoms with E-state index >= 15 is 0 Å². The predicted molar refractivity (Wildman–Crippen MR) is 110 cm³/mol. The molecule has 2 aromatic carbocycles. The van der Waals surface area contributed by atoms with Crippen molar-refractivity contribution >= 4 is 23.0 Å². The highest BCUT2D eigenvalue weighted by molar-refractivity contribution is 5.82. The number of para-hydroxylation sites is 3. The molecule has 2 heterocycles. The summed E-state index contributed by atoms with van der Waals surface area (Å²) in [6.45, 7) is 2.48. The highest BCUT2D eigenvalue weighted by Crippen LogP contribution is 2.29. The lowest BCUT2D eigenvalue weighted by molar-refractivity contribution is -0.157. The summed E-state index contributed by atoms with van der Waals surface area (Å²) >= 11 is 0. The Labute approximate surface area is 174 Å². The van der Waals surface area contributed by atoms with Crippen LogP contribution in [0.2, 0.25) is 0 Å². The molecule has 1 aliphatic heterocycles. The number of carbonyl (C=O) groups excluding carboxylic acids is 2. The fourth-order valence-corrected chi connectivity index (χ4v) is 3.53. The number of rotatable bonds is 6. The van der Waals surface area contributed by atoms with Crippen LogP contribution < -0.4 is 4.74 Å². The largest absolute Gasteiger partial charge is 0.479 e. The van der Waals surface area contributed by atoms with Crippen molar-refractivity contribution in [2.24, 2.45) is 0 Å². The predicted octanol–water partition coefficient (Wildman–Crippen LogP) is 3.54. The number of ether oxygens (including phenoxy) is 2. The van der Waals surface area contributed by atoms with Gasteiger partial charge in [-0.1, -0.05) is 30.3 Å². The molecular formula is C23H24N2O5. The van der Waals surface area contributed by atoms with Gasteiger partial charge in [-0.15, -0.1) is 0 Å². The number of likely N-dealkylation sites (tertiary alicyclic amines) is 1. The van der Waals surface area contributed by atoms with Crippen LogP contribution >= 0.6 is 0 Å². The molecule has 4 rings (SSSR count). The molecule has 0 bridgehead atoms. The molecule has 0 radical (unpaired) electrons. The molecular weight excluding hydrogens is 384 g/mol. The van der Waals surface area contributed by atoms with Gasteiger partial charge >= 0.3 is 5.97 Å². The standard InChI is InChI=1S/C23H24N2O5/c1-16(29-18-7-3-2-4-8-18)23(27)28-15-21(26)25-13-11-17(12-14-25)22-24-19-9-5-6-10-20(19)30-22/h2-10,16-17H,11-15H2,1H3/t16-/m0/s1. The Morgan fingerprint density at radius 3 is 2.53 bits per heavy atom. The molecule has 156 valence electrons. The average Bonchev–Trinajstić information content (AvgIpc) is 3.22. The zero-order valence-electron chi connectivity index (χ0n) is 16.8. The van der Waals surface area contributed by atoms with Crippen molar-refractivity contribution in [1.29, 1.82) is 0 Å². The Morgan fingerprint density at radius 1 is 1.10 bits per heavy atom. The van der Waals surface area contributed by atoms with Crippen molar-refractivity contribution in [3.05, 3.63) is 60.5 Å². The highest BCUT2D eigenvalue weighted by Gasteiger charge is 2.28. The van der Waals surface area contributed by atoms with E-state index in [2.05, 4.69) is 4.98 Å². The van der Waals surface area contributed by atoms with E-state index < -0.39 is 12.1 Å². The number of fused-ring (bicyclic) bond motifs is 1. The van der Waals surface area contributed by atoms with Crippen LogP contribution in [0, 0.1) is 0 Å². The van der Waals surface area contributed by atoms with Gasteiger partial charge in [0.15, 0.2) is 24.2 Å². The van der Waals surface area contributed by atoms with E-state index in [-0.39, 0.29) is 18.4 Å². The third-order valence-corrected chi connectivity index (χ3v) is 5.23. The number of hydrogen-bond donors (Lipinski definition) is 0. The number of aromatic nitrogens is 1. The normalized spacial score (nSPS) is 15.7. The number of oxazole rings is 1. The zero-order valence-corrected chi connectivity index (χ0v) is 16.8. The Morgan fingerprint density at radius 2 is 1.80 bits per heavy atom. The second-order valence-electron chi connectivity index (χ2n) is 7.36. The summed E-state index contributed by atoms with van der Waals surface area (Å²) < 4.78 is 16.5. The lowest BCUT2D eigenvalue weighted by Crippen LogP contribution is -2.41. The molecule has 0 spiro atoms. The van der Waals surface area contributed by atoms with E-state index in [4.69, 9.17) is 13.9 Å². The molecule has 7 heteroatoms. The van der Waals surface area contributed by atoms with Gasteiger partial charge in [-0.25, -0.2) is 9.78 Å². The Balaban J connectivity index is 1.23. The van der Waals surface area contributed by atoms with Crippen LogP contribution in [0.1, 0.15) is 31.6 Å². The molecule has 3 aromatic rings. The zero-order chi connectivity index (χ0) is 20.9. The van der Waals surface area contributed by atoms with Gasteiger partial charge in [-0.3, -0.25) is 4.79 Å². The second-order valence-corrected chi connectivity index (χ2v) is 7.36. The number of amides is 1. The molecule has 1 saturated heterocycles. The number of nitrogens with zero attached hydrogens (tertiary/aromatic N) is 2. The quantitative estimate of drug-likeness (QED) is 0.580. The van der Waals surface area contributed by atoms with Crippen molar-refractivity contribution in [2.45, 2.75) is 31.8 Å². The summed E-state index contributed by atoms with van der Waals surface area (Å²) in [5.41, 5.74) is 1.63. The molecule has 0 aliphatic carbocycles. The maximum atomic E-state index is 12.4. The third kappa shape index (κ3) is 4.62. The first-order chi connectivity index (χ1) is 14.6. The average molecular weight is 408 g/mol. The van der Waals surface area contributed by atoms with Crippen LogP contribution in [0.25, 0.3) is 11.1 Å². The van der Waals surface area contributed by atoms with Crippen LogP contribution in [0.5, 0.6) is 5.75 Å². The van der Waals surface area contributed by atoms with E-state index in [1.165, 1.54) is 0 Å². The number of carbonyl (C=O) groups is 2. The fraction of sp³-hybridized carbons (Fsp3) is 0.348. The van der Waals surface area contributed by atoms with Gasteiger partial charge in [0.2, 0.25) is 0 Å². The topological polar surface area (TPSA) is 81.9 Å². The van der Waals surface area contributed by atoms with E-state index in [9.17, 15) is 9.59 Å². The molecule has 0 saturated carbocycles. The molecule has 1 atom stereocenters. The first kappa shape index (κ1) is 19.9. The van der Waals surface area contributed by atoms with E-state index in [1.54, 1.807) is 24.0 Å². The van der Waals surface area contributed by atoms with Crippen molar-refractivity contribution in [3.63, 3.8) is 0 Å². The van der Waals surface area contributed by atoms with E-state index in [1.807, 2.05) is 42.5 Å². The van der Waals surface area contributed by atoms with Gasteiger partial charge in [0.25, 0.3) is 5.91 Å². The maximum Gasteiger partial charge on any atom is 0.347 e. The van der Waals surface area contributed by atoms with Crippen molar-refractivity contribution < 1.29 is 23.5 Å². The number of esters is 1. The highest BCUT2D eigenvalue weighted by atomic mass is 16.6. The van der Waals surface area contributed by atoms with Gasteiger partial charge in [0.1, 0.15) is 11.3 Å². The first-order valence-corrected chi connectivity index (χ1v) is 10.1. The van der Waals surface area contributed by atoms with Crippen LogP contribution in [0.4, 0.5) is 0 Å². The molecule has 7 nitrogen and oxygen atoms in total. The summed E-state index contributed by atoms with van der Waals surface area (Å²) in [7, 11) is 0. The lowest BCUT2D eigenvalue weighted by Gasteiger charge is -2.30. The van der Waals surface area contributed by atoms with Gasteiger partial charge in [-0.05, 0) is 44.0 Å². The first-order valence-electron chi connectivity index (χ1n) is 10.1. The van der Waals surface area contributed by atoms with Gasteiger partial charge in [-0.2, -0.15) is 0 Å². The molecule has 0 unspecified atom stereocenters. The lowest BCUT2D eigenvalue weighted by atomic mass is 9.97. The minimum absolute atomic E-state index is 0.184. The van der Waals surface area contributed by atoms with E-state index in [0.717, 1.165) is 29.8 Å². The molecule has 0 N–H and O–H groups in total. The molecule has 30 heavy (non-hydrogen) atoms. The smallest absolute Gasteiger partial charge is 0.347 e. The van der Waals surface area contributed by atoms with Gasteiger partial charge in [0, 0.05) is 19.0 Å². The maximum absolute atomic E-state index is 12.4. The van der Waals surface area contributed by atoms with Crippen LogP contribution in [0.15, 0.2) is 59.0 Å². The number of hydrogen-bond acceptors (Lipinski definition) is 6. The summed E-state index contributed by atoms with van der Waals surface area (Å²) in [5.74, 6) is 0.722. The molecule has 1 aromatic heterocycles. The summed E-state index contributed by atoms with van der Waals surface area (Å²) in [4.78, 5) is 30.8. The summed E-state index contributed by atoms with van der Waals surface area (Å²) in [6, 6.07) is 16.7. The number of piperidine rings is 1.